The summed E-state index contributed by atoms with van der Waals surface area (Å²) in [4.78, 5) is 2.57. The van der Waals surface area contributed by atoms with Crippen molar-refractivity contribution in [2.45, 2.75) is 39.2 Å². The molecule has 1 N–H and O–H groups in total. The Labute approximate surface area is 123 Å². The van der Waals surface area contributed by atoms with E-state index in [1.54, 1.807) is 0 Å². The van der Waals surface area contributed by atoms with Crippen molar-refractivity contribution in [1.82, 2.24) is 10.2 Å². The minimum atomic E-state index is 0.589. The highest BCUT2D eigenvalue weighted by Crippen LogP contribution is 2.41. The normalized spacial score (nSPS) is 25.0. The molecule has 2 nitrogen and oxygen atoms in total. The van der Waals surface area contributed by atoms with Crippen LogP contribution in [-0.4, -0.2) is 31.1 Å². The molecule has 20 heavy (non-hydrogen) atoms. The fourth-order valence-electron chi connectivity index (χ4n) is 3.42. The number of rotatable bonds is 6. The standard InChI is InChI=1S/C18H28N2/c1-3-20-11-10-15(13-20)12-19-18(17-8-9-17)16-6-4-14(2)5-7-16/h4-7,15,17-19H,3,8-13H2,1-2H3. The van der Waals surface area contributed by atoms with Gasteiger partial charge < -0.3 is 10.2 Å². The first kappa shape index (κ1) is 14.1. The molecule has 1 saturated carbocycles. The number of likely N-dealkylation sites (tertiary alicyclic amines) is 1. The minimum absolute atomic E-state index is 0.589. The molecule has 1 aliphatic heterocycles. The van der Waals surface area contributed by atoms with Crippen molar-refractivity contribution in [1.29, 1.82) is 0 Å². The van der Waals surface area contributed by atoms with Crippen LogP contribution in [0, 0.1) is 18.8 Å². The molecule has 0 bridgehead atoms. The molecule has 1 heterocycles. The zero-order valence-electron chi connectivity index (χ0n) is 12.9. The predicted octanol–water partition coefficient (Wildman–Crippen LogP) is 3.38. The lowest BCUT2D eigenvalue weighted by molar-refractivity contribution is 0.332. The summed E-state index contributed by atoms with van der Waals surface area (Å²) in [7, 11) is 0. The third-order valence-corrected chi connectivity index (χ3v) is 4.97. The van der Waals surface area contributed by atoms with E-state index < -0.39 is 0 Å². The van der Waals surface area contributed by atoms with Gasteiger partial charge in [-0.3, -0.25) is 0 Å². The Morgan fingerprint density at radius 1 is 1.20 bits per heavy atom. The monoisotopic (exact) mass is 272 g/mol. The second-order valence-corrected chi connectivity index (χ2v) is 6.68. The molecule has 1 aliphatic carbocycles. The molecule has 2 heteroatoms. The van der Waals surface area contributed by atoms with Gasteiger partial charge in [0.1, 0.15) is 0 Å². The number of nitrogens with zero attached hydrogens (tertiary/aromatic N) is 1. The van der Waals surface area contributed by atoms with Crippen LogP contribution in [0.15, 0.2) is 24.3 Å². The molecule has 1 aromatic rings. The average molecular weight is 272 g/mol. The second-order valence-electron chi connectivity index (χ2n) is 6.68. The van der Waals surface area contributed by atoms with E-state index in [2.05, 4.69) is 48.3 Å². The van der Waals surface area contributed by atoms with Gasteiger partial charge in [0, 0.05) is 12.6 Å². The first-order chi connectivity index (χ1) is 9.76. The zero-order valence-corrected chi connectivity index (χ0v) is 12.9. The second kappa shape index (κ2) is 6.28. The van der Waals surface area contributed by atoms with Gasteiger partial charge in [-0.25, -0.2) is 0 Å². The predicted molar refractivity (Wildman–Crippen MR) is 84.9 cm³/mol. The Morgan fingerprint density at radius 3 is 2.55 bits per heavy atom. The van der Waals surface area contributed by atoms with Crippen molar-refractivity contribution < 1.29 is 0 Å². The molecule has 1 aromatic carbocycles. The Bertz CT molecular complexity index is 422. The van der Waals surface area contributed by atoms with E-state index in [9.17, 15) is 0 Å². The fraction of sp³-hybridized carbons (Fsp3) is 0.667. The van der Waals surface area contributed by atoms with E-state index in [1.807, 2.05) is 0 Å². The van der Waals surface area contributed by atoms with Gasteiger partial charge >= 0.3 is 0 Å². The van der Waals surface area contributed by atoms with E-state index in [0.717, 1.165) is 11.8 Å². The third kappa shape index (κ3) is 3.42. The number of hydrogen-bond acceptors (Lipinski definition) is 2. The van der Waals surface area contributed by atoms with Crippen LogP contribution in [0.4, 0.5) is 0 Å². The highest BCUT2D eigenvalue weighted by Gasteiger charge is 2.32. The lowest BCUT2D eigenvalue weighted by atomic mass is 10.00. The van der Waals surface area contributed by atoms with Gasteiger partial charge in [0.2, 0.25) is 0 Å². The maximum atomic E-state index is 3.88. The molecule has 0 radical (unpaired) electrons. The summed E-state index contributed by atoms with van der Waals surface area (Å²) in [6.45, 7) is 9.42. The van der Waals surface area contributed by atoms with Crippen LogP contribution < -0.4 is 5.32 Å². The smallest absolute Gasteiger partial charge is 0.0348 e. The van der Waals surface area contributed by atoms with Crippen LogP contribution in [0.25, 0.3) is 0 Å². The number of aryl methyl sites for hydroxylation is 1. The Hall–Kier alpha value is -0.860. The van der Waals surface area contributed by atoms with E-state index in [-0.39, 0.29) is 0 Å². The number of benzene rings is 1. The van der Waals surface area contributed by atoms with Gasteiger partial charge in [-0.05, 0) is 63.2 Å². The zero-order chi connectivity index (χ0) is 13.9. The van der Waals surface area contributed by atoms with E-state index in [1.165, 1.54) is 56.6 Å². The first-order valence-electron chi connectivity index (χ1n) is 8.28. The maximum Gasteiger partial charge on any atom is 0.0348 e. The van der Waals surface area contributed by atoms with Crippen LogP contribution >= 0.6 is 0 Å². The van der Waals surface area contributed by atoms with Crippen molar-refractivity contribution in [3.8, 4) is 0 Å². The SMILES string of the molecule is CCN1CCC(CNC(c2ccc(C)cc2)C2CC2)C1. The fourth-order valence-corrected chi connectivity index (χ4v) is 3.42. The number of nitrogens with one attached hydrogen (secondary N) is 1. The quantitative estimate of drug-likeness (QED) is 0.854. The highest BCUT2D eigenvalue weighted by molar-refractivity contribution is 5.25. The van der Waals surface area contributed by atoms with Crippen LogP contribution in [0.3, 0.4) is 0 Å². The first-order valence-corrected chi connectivity index (χ1v) is 8.28. The van der Waals surface area contributed by atoms with Gasteiger partial charge in [-0.1, -0.05) is 36.8 Å². The number of hydrogen-bond donors (Lipinski definition) is 1. The minimum Gasteiger partial charge on any atom is -0.309 e. The van der Waals surface area contributed by atoms with Crippen LogP contribution in [0.5, 0.6) is 0 Å². The summed E-state index contributed by atoms with van der Waals surface area (Å²) < 4.78 is 0. The van der Waals surface area contributed by atoms with Gasteiger partial charge in [-0.2, -0.15) is 0 Å². The molecule has 0 amide bonds. The van der Waals surface area contributed by atoms with Crippen LogP contribution in [-0.2, 0) is 0 Å². The summed E-state index contributed by atoms with van der Waals surface area (Å²) in [5.41, 5.74) is 2.85. The maximum absolute atomic E-state index is 3.88. The lowest BCUT2D eigenvalue weighted by Crippen LogP contribution is -2.30. The van der Waals surface area contributed by atoms with Gasteiger partial charge in [0.25, 0.3) is 0 Å². The average Bonchev–Trinajstić information content (AvgIpc) is 3.19. The summed E-state index contributed by atoms with van der Waals surface area (Å²) in [6, 6.07) is 9.73. The molecule has 2 unspecified atom stereocenters. The topological polar surface area (TPSA) is 15.3 Å². The van der Waals surface area contributed by atoms with Crippen LogP contribution in [0.2, 0.25) is 0 Å². The molecule has 3 rings (SSSR count). The van der Waals surface area contributed by atoms with Crippen molar-refractivity contribution in [3.63, 3.8) is 0 Å². The molecule has 0 aromatic heterocycles. The Morgan fingerprint density at radius 2 is 1.95 bits per heavy atom. The molecule has 2 atom stereocenters. The highest BCUT2D eigenvalue weighted by atomic mass is 15.1. The van der Waals surface area contributed by atoms with Crippen molar-refractivity contribution in [3.05, 3.63) is 35.4 Å². The lowest BCUT2D eigenvalue weighted by Gasteiger charge is -2.22. The van der Waals surface area contributed by atoms with Crippen molar-refractivity contribution >= 4 is 0 Å². The van der Waals surface area contributed by atoms with E-state index in [0.29, 0.717) is 6.04 Å². The van der Waals surface area contributed by atoms with Crippen LogP contribution in [0.1, 0.15) is 43.4 Å². The Kier molecular flexibility index (Phi) is 4.42. The molecule has 1 saturated heterocycles. The molecule has 0 spiro atoms. The summed E-state index contributed by atoms with van der Waals surface area (Å²) in [5, 5.41) is 3.88. The van der Waals surface area contributed by atoms with Gasteiger partial charge in [0.15, 0.2) is 0 Å². The molecule has 2 aliphatic rings. The van der Waals surface area contributed by atoms with Gasteiger partial charge in [-0.15, -0.1) is 0 Å². The molecular weight excluding hydrogens is 244 g/mol. The summed E-state index contributed by atoms with van der Waals surface area (Å²) >= 11 is 0. The van der Waals surface area contributed by atoms with Crippen molar-refractivity contribution in [2.75, 3.05) is 26.2 Å². The third-order valence-electron chi connectivity index (χ3n) is 4.97. The molecule has 2 fully saturated rings. The Balaban J connectivity index is 1.57. The van der Waals surface area contributed by atoms with E-state index in [4.69, 9.17) is 0 Å². The largest absolute Gasteiger partial charge is 0.309 e. The van der Waals surface area contributed by atoms with Gasteiger partial charge in [0.05, 0.1) is 0 Å². The van der Waals surface area contributed by atoms with Crippen molar-refractivity contribution in [2.24, 2.45) is 11.8 Å². The molecular formula is C18H28N2. The summed E-state index contributed by atoms with van der Waals surface area (Å²) in [5.74, 6) is 1.73. The molecule has 110 valence electrons. The van der Waals surface area contributed by atoms with E-state index >= 15 is 0 Å². The summed E-state index contributed by atoms with van der Waals surface area (Å²) in [6.07, 6.45) is 4.17.